The summed E-state index contributed by atoms with van der Waals surface area (Å²) in [6.45, 7) is 12.7. The van der Waals surface area contributed by atoms with Crippen molar-refractivity contribution in [1.82, 2.24) is 24.5 Å². The van der Waals surface area contributed by atoms with E-state index < -0.39 is 0 Å². The summed E-state index contributed by atoms with van der Waals surface area (Å²) >= 11 is 0. The molecule has 0 amide bonds. The molecule has 160 valence electrons. The molecule has 2 N–H and O–H groups in total. The number of hydrogen-bond acceptors (Lipinski definition) is 5. The van der Waals surface area contributed by atoms with Crippen molar-refractivity contribution in [2.24, 2.45) is 5.73 Å². The minimum atomic E-state index is 0.527. The molecule has 2 aliphatic heterocycles. The predicted octanol–water partition coefficient (Wildman–Crippen LogP) is 2.37. The first-order chi connectivity index (χ1) is 14.7. The second-order valence-corrected chi connectivity index (χ2v) is 9.08. The van der Waals surface area contributed by atoms with Gasteiger partial charge in [-0.05, 0) is 42.5 Å². The van der Waals surface area contributed by atoms with Gasteiger partial charge in [-0.15, -0.1) is 0 Å². The zero-order valence-corrected chi connectivity index (χ0v) is 18.0. The molecule has 1 aliphatic carbocycles. The topological polar surface area (TPSA) is 53.6 Å². The Labute approximate surface area is 179 Å². The quantitative estimate of drug-likeness (QED) is 0.798. The van der Waals surface area contributed by atoms with Crippen molar-refractivity contribution in [2.45, 2.75) is 44.8 Å². The molecule has 0 unspecified atom stereocenters. The van der Waals surface area contributed by atoms with Crippen molar-refractivity contribution in [1.29, 1.82) is 0 Å². The van der Waals surface area contributed by atoms with Gasteiger partial charge in [0.05, 0.1) is 11.9 Å². The van der Waals surface area contributed by atoms with Gasteiger partial charge in [-0.25, -0.2) is 4.68 Å². The molecule has 1 aromatic carbocycles. The molecule has 30 heavy (non-hydrogen) atoms. The third-order valence-corrected chi connectivity index (χ3v) is 7.18. The zero-order chi connectivity index (χ0) is 20.5. The van der Waals surface area contributed by atoms with Crippen LogP contribution in [0, 0.1) is 0 Å². The number of nitrogens with zero attached hydrogens (tertiary/aromatic N) is 5. The largest absolute Gasteiger partial charge is 0.372 e. The zero-order valence-electron chi connectivity index (χ0n) is 18.0. The number of nitrogens with two attached hydrogens (primary N) is 1. The van der Waals surface area contributed by atoms with E-state index in [1.165, 1.54) is 49.2 Å². The highest BCUT2D eigenvalue weighted by Crippen LogP contribution is 2.27. The van der Waals surface area contributed by atoms with Gasteiger partial charge in [0.2, 0.25) is 0 Å². The maximum atomic E-state index is 5.72. The molecule has 1 aromatic heterocycles. The molecule has 1 saturated heterocycles. The van der Waals surface area contributed by atoms with Gasteiger partial charge in [0.15, 0.2) is 0 Å². The summed E-state index contributed by atoms with van der Waals surface area (Å²) in [5, 5.41) is 4.44. The third kappa shape index (κ3) is 4.04. The highest BCUT2D eigenvalue weighted by molar-refractivity contribution is 5.41. The maximum absolute atomic E-state index is 5.72. The van der Waals surface area contributed by atoms with Crippen LogP contribution in [-0.4, -0.2) is 69.8 Å². The lowest BCUT2D eigenvalue weighted by atomic mass is 9.91. The van der Waals surface area contributed by atoms with Crippen LogP contribution in [-0.2, 0) is 19.5 Å². The van der Waals surface area contributed by atoms with Gasteiger partial charge in [-0.2, -0.15) is 5.10 Å². The van der Waals surface area contributed by atoms with Crippen molar-refractivity contribution in [3.63, 3.8) is 0 Å². The summed E-state index contributed by atoms with van der Waals surface area (Å²) in [7, 11) is 0. The molecule has 6 heteroatoms. The average molecular weight is 407 g/mol. The van der Waals surface area contributed by atoms with Gasteiger partial charge >= 0.3 is 0 Å². The summed E-state index contributed by atoms with van der Waals surface area (Å²) in [6.07, 6.45) is 9.18. The molecular formula is C24H34N6. The molecule has 5 rings (SSSR count). The Balaban J connectivity index is 1.16. The minimum absolute atomic E-state index is 0.527. The fourth-order valence-electron chi connectivity index (χ4n) is 5.00. The van der Waals surface area contributed by atoms with E-state index in [-0.39, 0.29) is 0 Å². The Morgan fingerprint density at radius 1 is 1.10 bits per heavy atom. The van der Waals surface area contributed by atoms with Gasteiger partial charge in [0, 0.05) is 75.9 Å². The molecule has 2 aromatic rings. The summed E-state index contributed by atoms with van der Waals surface area (Å²) in [5.41, 5.74) is 12.1. The number of fused-ring (bicyclic) bond motifs is 1. The Kier molecular flexibility index (Phi) is 5.63. The van der Waals surface area contributed by atoms with E-state index in [0.717, 1.165) is 56.4 Å². The number of rotatable bonds is 6. The van der Waals surface area contributed by atoms with Crippen LogP contribution in [0.15, 0.2) is 42.9 Å². The van der Waals surface area contributed by atoms with Crippen molar-refractivity contribution >= 4 is 0 Å². The van der Waals surface area contributed by atoms with Crippen LogP contribution in [0.4, 0.5) is 0 Å². The predicted molar refractivity (Wildman–Crippen MR) is 120 cm³/mol. The molecule has 0 bridgehead atoms. The van der Waals surface area contributed by atoms with Crippen LogP contribution in [0.3, 0.4) is 0 Å². The lowest BCUT2D eigenvalue weighted by Gasteiger charge is -2.44. The average Bonchev–Trinajstić information content (AvgIpc) is 3.22. The molecule has 2 fully saturated rings. The Morgan fingerprint density at radius 2 is 1.93 bits per heavy atom. The second-order valence-electron chi connectivity index (χ2n) is 9.08. The maximum Gasteiger partial charge on any atom is 0.0648 e. The summed E-state index contributed by atoms with van der Waals surface area (Å²) < 4.78 is 1.93. The Morgan fingerprint density at radius 3 is 2.63 bits per heavy atom. The van der Waals surface area contributed by atoms with Gasteiger partial charge in [-0.3, -0.25) is 9.80 Å². The normalized spacial score (nSPS) is 20.8. The van der Waals surface area contributed by atoms with Crippen molar-refractivity contribution in [3.8, 4) is 5.69 Å². The SMILES string of the molecule is C=C(CN1CCc2cc(-n3cc(CN)cn3)ccc2C1)N1CCN(C2CCC2)CC1. The summed E-state index contributed by atoms with van der Waals surface area (Å²) in [4.78, 5) is 7.75. The molecule has 6 nitrogen and oxygen atoms in total. The highest BCUT2D eigenvalue weighted by Gasteiger charge is 2.28. The fourth-order valence-corrected chi connectivity index (χ4v) is 5.00. The van der Waals surface area contributed by atoms with Gasteiger partial charge in [0.25, 0.3) is 0 Å². The smallest absolute Gasteiger partial charge is 0.0648 e. The third-order valence-electron chi connectivity index (χ3n) is 7.18. The number of benzene rings is 1. The standard InChI is InChI=1S/C24H34N6/c1-19(28-9-11-29(12-10-28)23-3-2-4-23)16-27-8-7-21-13-24(6-5-22(21)18-27)30-17-20(14-25)15-26-30/h5-6,13,15,17,23H,1-4,7-12,14,16,18,25H2. The van der Waals surface area contributed by atoms with Crippen LogP contribution in [0.5, 0.6) is 0 Å². The van der Waals surface area contributed by atoms with Crippen LogP contribution < -0.4 is 5.73 Å². The van der Waals surface area contributed by atoms with Crippen molar-refractivity contribution < 1.29 is 0 Å². The molecular weight excluding hydrogens is 372 g/mol. The monoisotopic (exact) mass is 406 g/mol. The lowest BCUT2D eigenvalue weighted by Crippen LogP contribution is -2.52. The van der Waals surface area contributed by atoms with E-state index >= 15 is 0 Å². The molecule has 0 radical (unpaired) electrons. The van der Waals surface area contributed by atoms with Crippen LogP contribution in [0.2, 0.25) is 0 Å². The van der Waals surface area contributed by atoms with Gasteiger partial charge in [0.1, 0.15) is 0 Å². The van der Waals surface area contributed by atoms with E-state index in [0.29, 0.717) is 6.54 Å². The van der Waals surface area contributed by atoms with Crippen LogP contribution in [0.25, 0.3) is 5.69 Å². The molecule has 0 atom stereocenters. The molecule has 0 spiro atoms. The van der Waals surface area contributed by atoms with Crippen molar-refractivity contribution in [2.75, 3.05) is 39.3 Å². The molecule has 1 saturated carbocycles. The Hall–Kier alpha value is -2.15. The first kappa shape index (κ1) is 19.8. The van der Waals surface area contributed by atoms with Crippen molar-refractivity contribution in [3.05, 3.63) is 59.6 Å². The second kappa shape index (κ2) is 8.53. The van der Waals surface area contributed by atoms with E-state index in [1.807, 2.05) is 17.1 Å². The van der Waals surface area contributed by atoms with Crippen LogP contribution in [0.1, 0.15) is 36.0 Å². The number of hydrogen-bond donors (Lipinski definition) is 1. The van der Waals surface area contributed by atoms with Gasteiger partial charge < -0.3 is 10.6 Å². The molecule has 3 heterocycles. The van der Waals surface area contributed by atoms with E-state index in [9.17, 15) is 0 Å². The Bertz CT molecular complexity index is 891. The summed E-state index contributed by atoms with van der Waals surface area (Å²) in [5.74, 6) is 0. The number of piperazine rings is 1. The summed E-state index contributed by atoms with van der Waals surface area (Å²) in [6, 6.07) is 7.59. The van der Waals surface area contributed by atoms with E-state index in [1.54, 1.807) is 0 Å². The fraction of sp³-hybridized carbons (Fsp3) is 0.542. The van der Waals surface area contributed by atoms with E-state index in [4.69, 9.17) is 5.73 Å². The van der Waals surface area contributed by atoms with Crippen LogP contribution >= 0.6 is 0 Å². The minimum Gasteiger partial charge on any atom is -0.372 e. The lowest BCUT2D eigenvalue weighted by molar-refractivity contribution is 0.0709. The highest BCUT2D eigenvalue weighted by atomic mass is 15.3. The van der Waals surface area contributed by atoms with Gasteiger partial charge in [-0.1, -0.05) is 19.1 Å². The van der Waals surface area contributed by atoms with E-state index in [2.05, 4.69) is 44.6 Å². The first-order valence-corrected chi connectivity index (χ1v) is 11.4. The molecule has 3 aliphatic rings. The first-order valence-electron chi connectivity index (χ1n) is 11.4. The number of aromatic nitrogens is 2.